The maximum Gasteiger partial charge on any atom is 0.178 e. The van der Waals surface area contributed by atoms with Gasteiger partial charge in [-0.05, 0) is 49.2 Å². The van der Waals surface area contributed by atoms with Crippen LogP contribution in [0.25, 0.3) is 5.65 Å². The Balaban J connectivity index is 1.34. The van der Waals surface area contributed by atoms with Crippen molar-refractivity contribution in [2.24, 2.45) is 0 Å². The zero-order chi connectivity index (χ0) is 16.8. The Kier molecular flexibility index (Phi) is 3.52. The van der Waals surface area contributed by atoms with Crippen molar-refractivity contribution in [1.82, 2.24) is 19.8 Å². The lowest BCUT2D eigenvalue weighted by atomic mass is 10.2. The van der Waals surface area contributed by atoms with Crippen LogP contribution in [0.4, 0.5) is 11.5 Å². The van der Waals surface area contributed by atoms with E-state index in [1.807, 2.05) is 22.7 Å². The quantitative estimate of drug-likeness (QED) is 0.723. The monoisotopic (exact) mass is 354 g/mol. The Hall–Kier alpha value is -2.34. The van der Waals surface area contributed by atoms with E-state index in [1.54, 1.807) is 0 Å². The summed E-state index contributed by atoms with van der Waals surface area (Å²) in [6, 6.07) is 12.1. The van der Waals surface area contributed by atoms with Gasteiger partial charge in [-0.3, -0.25) is 0 Å². The fraction of sp³-hybridized carbons (Fsp3) is 0.389. The average molecular weight is 355 g/mol. The lowest BCUT2D eigenvalue weighted by molar-refractivity contribution is 0.639. The molecule has 0 atom stereocenters. The Morgan fingerprint density at radius 3 is 2.28 bits per heavy atom. The molecule has 2 aliphatic rings. The zero-order valence-electron chi connectivity index (χ0n) is 13.8. The fourth-order valence-electron chi connectivity index (χ4n) is 3.41. The number of anilines is 2. The molecule has 128 valence electrons. The van der Waals surface area contributed by atoms with Gasteiger partial charge in [0, 0.05) is 42.8 Å². The van der Waals surface area contributed by atoms with Gasteiger partial charge in [0.25, 0.3) is 0 Å². The maximum absolute atomic E-state index is 5.98. The fourth-order valence-corrected chi connectivity index (χ4v) is 3.53. The molecule has 0 bridgehead atoms. The van der Waals surface area contributed by atoms with Crippen LogP contribution < -0.4 is 9.80 Å². The second kappa shape index (κ2) is 5.88. The van der Waals surface area contributed by atoms with Crippen molar-refractivity contribution in [3.8, 4) is 0 Å². The number of benzene rings is 1. The minimum Gasteiger partial charge on any atom is -0.368 e. The first kappa shape index (κ1) is 15.0. The van der Waals surface area contributed by atoms with Crippen LogP contribution in [-0.2, 0) is 0 Å². The number of hydrogen-bond acceptors (Lipinski definition) is 5. The molecule has 1 saturated heterocycles. The molecule has 1 aliphatic heterocycles. The molecule has 1 aromatic carbocycles. The van der Waals surface area contributed by atoms with Gasteiger partial charge in [0.15, 0.2) is 11.5 Å². The second-order valence-electron chi connectivity index (χ2n) is 6.74. The zero-order valence-corrected chi connectivity index (χ0v) is 14.6. The van der Waals surface area contributed by atoms with E-state index >= 15 is 0 Å². The summed E-state index contributed by atoms with van der Waals surface area (Å²) in [4.78, 5) is 4.72. The van der Waals surface area contributed by atoms with Crippen molar-refractivity contribution in [2.75, 3.05) is 36.0 Å². The van der Waals surface area contributed by atoms with Crippen molar-refractivity contribution in [3.63, 3.8) is 0 Å². The Morgan fingerprint density at radius 1 is 0.840 bits per heavy atom. The van der Waals surface area contributed by atoms with E-state index in [1.165, 1.54) is 18.5 Å². The third-order valence-electron chi connectivity index (χ3n) is 5.01. The van der Waals surface area contributed by atoms with Gasteiger partial charge in [0.05, 0.1) is 0 Å². The number of aromatic nitrogens is 4. The van der Waals surface area contributed by atoms with Crippen LogP contribution in [0.2, 0.25) is 5.02 Å². The number of rotatable bonds is 3. The smallest absolute Gasteiger partial charge is 0.178 e. The van der Waals surface area contributed by atoms with E-state index in [-0.39, 0.29) is 0 Å². The molecule has 1 aliphatic carbocycles. The van der Waals surface area contributed by atoms with Crippen LogP contribution >= 0.6 is 11.6 Å². The van der Waals surface area contributed by atoms with Crippen LogP contribution in [0.3, 0.4) is 0 Å². The molecule has 3 aromatic rings. The summed E-state index contributed by atoms with van der Waals surface area (Å²) in [5.41, 5.74) is 2.06. The molecule has 1 saturated carbocycles. The van der Waals surface area contributed by atoms with E-state index in [0.29, 0.717) is 5.92 Å². The van der Waals surface area contributed by atoms with Crippen LogP contribution in [0.15, 0.2) is 36.4 Å². The molecule has 0 unspecified atom stereocenters. The largest absolute Gasteiger partial charge is 0.368 e. The molecule has 0 radical (unpaired) electrons. The van der Waals surface area contributed by atoms with Crippen molar-refractivity contribution >= 4 is 28.8 Å². The standard InChI is InChI=1S/C18H19ClN6/c19-14-3-5-15(6-4-14)23-9-11-24(12-10-23)17-8-7-16-20-21-18(13-1-2-13)25(16)22-17/h3-8,13H,1-2,9-12H2. The molecular weight excluding hydrogens is 336 g/mol. The Labute approximate surface area is 151 Å². The molecule has 25 heavy (non-hydrogen) atoms. The highest BCUT2D eigenvalue weighted by Crippen LogP contribution is 2.38. The summed E-state index contributed by atoms with van der Waals surface area (Å²) < 4.78 is 1.93. The van der Waals surface area contributed by atoms with Gasteiger partial charge in [0.2, 0.25) is 0 Å². The van der Waals surface area contributed by atoms with E-state index in [2.05, 4.69) is 38.2 Å². The molecule has 2 fully saturated rings. The molecule has 7 heteroatoms. The second-order valence-corrected chi connectivity index (χ2v) is 7.18. The highest BCUT2D eigenvalue weighted by Gasteiger charge is 2.29. The van der Waals surface area contributed by atoms with Gasteiger partial charge in [0.1, 0.15) is 5.82 Å². The summed E-state index contributed by atoms with van der Waals surface area (Å²) in [6.07, 6.45) is 2.40. The number of piperazine rings is 1. The lowest BCUT2D eigenvalue weighted by Crippen LogP contribution is -2.47. The van der Waals surface area contributed by atoms with E-state index < -0.39 is 0 Å². The molecule has 0 amide bonds. The number of fused-ring (bicyclic) bond motifs is 1. The summed E-state index contributed by atoms with van der Waals surface area (Å²) >= 11 is 5.98. The van der Waals surface area contributed by atoms with Gasteiger partial charge in [-0.1, -0.05) is 11.6 Å². The first-order valence-corrected chi connectivity index (χ1v) is 9.13. The third kappa shape index (κ3) is 2.80. The van der Waals surface area contributed by atoms with Gasteiger partial charge in [-0.25, -0.2) is 0 Å². The lowest BCUT2D eigenvalue weighted by Gasteiger charge is -2.36. The summed E-state index contributed by atoms with van der Waals surface area (Å²) in [5, 5.41) is 14.1. The van der Waals surface area contributed by atoms with Crippen LogP contribution in [0.1, 0.15) is 24.6 Å². The molecule has 0 spiro atoms. The predicted molar refractivity (Wildman–Crippen MR) is 98.6 cm³/mol. The molecule has 2 aromatic heterocycles. The Bertz CT molecular complexity index is 894. The van der Waals surface area contributed by atoms with Crippen molar-refractivity contribution in [2.45, 2.75) is 18.8 Å². The molecule has 0 N–H and O–H groups in total. The minimum atomic E-state index is 0.541. The number of halogens is 1. The Morgan fingerprint density at radius 2 is 1.56 bits per heavy atom. The van der Waals surface area contributed by atoms with Gasteiger partial charge in [-0.2, -0.15) is 4.52 Å². The normalized spacial score (nSPS) is 18.1. The summed E-state index contributed by atoms with van der Waals surface area (Å²) in [6.45, 7) is 3.84. The first-order chi connectivity index (χ1) is 12.3. The summed E-state index contributed by atoms with van der Waals surface area (Å²) in [7, 11) is 0. The van der Waals surface area contributed by atoms with E-state index in [0.717, 1.165) is 48.5 Å². The number of nitrogens with zero attached hydrogens (tertiary/aromatic N) is 6. The number of hydrogen-bond donors (Lipinski definition) is 0. The molecule has 6 nitrogen and oxygen atoms in total. The minimum absolute atomic E-state index is 0.541. The van der Waals surface area contributed by atoms with Crippen LogP contribution in [0, 0.1) is 0 Å². The first-order valence-electron chi connectivity index (χ1n) is 8.76. The van der Waals surface area contributed by atoms with Crippen molar-refractivity contribution < 1.29 is 0 Å². The van der Waals surface area contributed by atoms with Gasteiger partial charge >= 0.3 is 0 Å². The average Bonchev–Trinajstić information content (AvgIpc) is 3.41. The highest BCUT2D eigenvalue weighted by atomic mass is 35.5. The van der Waals surface area contributed by atoms with Gasteiger partial charge in [-0.15, -0.1) is 15.3 Å². The van der Waals surface area contributed by atoms with E-state index in [9.17, 15) is 0 Å². The third-order valence-corrected chi connectivity index (χ3v) is 5.26. The molecule has 3 heterocycles. The summed E-state index contributed by atoms with van der Waals surface area (Å²) in [5.74, 6) is 2.56. The SMILES string of the molecule is Clc1ccc(N2CCN(c3ccc4nnc(C5CC5)n4n3)CC2)cc1. The van der Waals surface area contributed by atoms with Crippen LogP contribution in [-0.4, -0.2) is 46.0 Å². The van der Waals surface area contributed by atoms with Crippen molar-refractivity contribution in [3.05, 3.63) is 47.2 Å². The van der Waals surface area contributed by atoms with Crippen molar-refractivity contribution in [1.29, 1.82) is 0 Å². The molecule has 5 rings (SSSR count). The predicted octanol–water partition coefficient (Wildman–Crippen LogP) is 2.98. The molecular formula is C18H19ClN6. The maximum atomic E-state index is 5.98. The van der Waals surface area contributed by atoms with Crippen LogP contribution in [0.5, 0.6) is 0 Å². The van der Waals surface area contributed by atoms with Gasteiger partial charge < -0.3 is 9.80 Å². The topological polar surface area (TPSA) is 49.6 Å². The van der Waals surface area contributed by atoms with E-state index in [4.69, 9.17) is 16.7 Å². The highest BCUT2D eigenvalue weighted by molar-refractivity contribution is 6.30.